The van der Waals surface area contributed by atoms with E-state index < -0.39 is 6.04 Å². The molecule has 0 aliphatic heterocycles. The number of hydrogen-bond acceptors (Lipinski definition) is 4. The van der Waals surface area contributed by atoms with Crippen LogP contribution in [0.25, 0.3) is 0 Å². The molecule has 2 N–H and O–H groups in total. The van der Waals surface area contributed by atoms with Gasteiger partial charge < -0.3 is 5.73 Å². The fraction of sp³-hybridized carbons (Fsp3) is 0.250. The second kappa shape index (κ2) is 5.56. The molecule has 0 amide bonds. The van der Waals surface area contributed by atoms with Crippen molar-refractivity contribution in [2.45, 2.75) is 12.5 Å². The summed E-state index contributed by atoms with van der Waals surface area (Å²) in [4.78, 5) is 15.1. The Labute approximate surface area is 93.1 Å². The third kappa shape index (κ3) is 3.61. The SMILES string of the molecule is N[C@@H](Cc1cccnc1)C(=O)SI. The summed E-state index contributed by atoms with van der Waals surface area (Å²) in [6.07, 6.45) is 3.98. The molecule has 0 unspecified atom stereocenters. The highest BCUT2D eigenvalue weighted by Crippen LogP contribution is 2.15. The zero-order chi connectivity index (χ0) is 9.68. The highest BCUT2D eigenvalue weighted by atomic mass is 127. The normalized spacial score (nSPS) is 12.5. The van der Waals surface area contributed by atoms with Gasteiger partial charge in [-0.05, 0) is 27.0 Å². The summed E-state index contributed by atoms with van der Waals surface area (Å²) < 4.78 is 0. The van der Waals surface area contributed by atoms with Crippen molar-refractivity contribution in [1.82, 2.24) is 4.98 Å². The van der Waals surface area contributed by atoms with Gasteiger partial charge in [0, 0.05) is 33.6 Å². The largest absolute Gasteiger partial charge is 0.320 e. The lowest BCUT2D eigenvalue weighted by Gasteiger charge is -2.06. The molecule has 0 aromatic carbocycles. The highest BCUT2D eigenvalue weighted by Gasteiger charge is 2.13. The van der Waals surface area contributed by atoms with Crippen LogP contribution in [-0.4, -0.2) is 16.1 Å². The van der Waals surface area contributed by atoms with Crippen molar-refractivity contribution in [2.75, 3.05) is 0 Å². The molecule has 0 radical (unpaired) electrons. The van der Waals surface area contributed by atoms with Crippen molar-refractivity contribution >= 4 is 35.3 Å². The van der Waals surface area contributed by atoms with E-state index in [-0.39, 0.29) is 5.12 Å². The van der Waals surface area contributed by atoms with Crippen LogP contribution in [0.4, 0.5) is 0 Å². The number of nitrogens with zero attached hydrogens (tertiary/aromatic N) is 1. The van der Waals surface area contributed by atoms with Gasteiger partial charge in [0.05, 0.1) is 6.04 Å². The van der Waals surface area contributed by atoms with Gasteiger partial charge in [-0.3, -0.25) is 9.78 Å². The molecule has 0 spiro atoms. The Morgan fingerprint density at radius 3 is 3.08 bits per heavy atom. The van der Waals surface area contributed by atoms with Crippen LogP contribution >= 0.6 is 30.1 Å². The first-order valence-electron chi connectivity index (χ1n) is 3.71. The number of halogens is 1. The predicted octanol–water partition coefficient (Wildman–Crippen LogP) is 1.56. The van der Waals surface area contributed by atoms with E-state index in [1.807, 2.05) is 33.3 Å². The monoisotopic (exact) mass is 308 g/mol. The van der Waals surface area contributed by atoms with Gasteiger partial charge in [-0.1, -0.05) is 6.07 Å². The molecule has 13 heavy (non-hydrogen) atoms. The molecule has 1 aromatic heterocycles. The summed E-state index contributed by atoms with van der Waals surface area (Å²) in [5, 5.41) is 0.00412. The van der Waals surface area contributed by atoms with Crippen LogP contribution in [0.1, 0.15) is 5.56 Å². The number of aromatic nitrogens is 1. The minimum Gasteiger partial charge on any atom is -0.320 e. The van der Waals surface area contributed by atoms with Gasteiger partial charge in [0.2, 0.25) is 5.12 Å². The van der Waals surface area contributed by atoms with Gasteiger partial charge in [-0.2, -0.15) is 0 Å². The van der Waals surface area contributed by atoms with Crippen LogP contribution in [0.15, 0.2) is 24.5 Å². The summed E-state index contributed by atoms with van der Waals surface area (Å²) in [5.74, 6) is 0. The summed E-state index contributed by atoms with van der Waals surface area (Å²) in [7, 11) is 1.14. The third-order valence-electron chi connectivity index (χ3n) is 1.56. The van der Waals surface area contributed by atoms with E-state index in [2.05, 4.69) is 4.98 Å². The standard InChI is InChI=1S/C8H9IN2OS/c9-13-8(12)7(10)4-6-2-1-3-11-5-6/h1-3,5,7H,4,10H2/t7-/m0/s1. The Bertz CT molecular complexity index is 281. The molecule has 5 heteroatoms. The zero-order valence-corrected chi connectivity index (χ0v) is 9.79. The van der Waals surface area contributed by atoms with E-state index in [0.29, 0.717) is 6.42 Å². The van der Waals surface area contributed by atoms with E-state index in [4.69, 9.17) is 5.73 Å². The fourth-order valence-electron chi connectivity index (χ4n) is 0.913. The summed E-state index contributed by atoms with van der Waals surface area (Å²) in [6.45, 7) is 0. The van der Waals surface area contributed by atoms with Crippen LogP contribution in [0.3, 0.4) is 0 Å². The van der Waals surface area contributed by atoms with Gasteiger partial charge in [-0.25, -0.2) is 0 Å². The van der Waals surface area contributed by atoms with E-state index in [1.54, 1.807) is 12.4 Å². The number of hydrogen-bond donors (Lipinski definition) is 1. The maximum absolute atomic E-state index is 11.1. The second-order valence-electron chi connectivity index (χ2n) is 2.57. The Morgan fingerprint density at radius 1 is 1.77 bits per heavy atom. The van der Waals surface area contributed by atoms with E-state index in [9.17, 15) is 4.79 Å². The Kier molecular flexibility index (Phi) is 4.68. The lowest BCUT2D eigenvalue weighted by molar-refractivity contribution is -0.111. The van der Waals surface area contributed by atoms with Gasteiger partial charge in [0.1, 0.15) is 0 Å². The lowest BCUT2D eigenvalue weighted by atomic mass is 10.1. The number of nitrogens with two attached hydrogens (primary N) is 1. The van der Waals surface area contributed by atoms with Crippen LogP contribution in [0.2, 0.25) is 0 Å². The molecule has 0 aliphatic rings. The fourth-order valence-corrected chi connectivity index (χ4v) is 2.09. The van der Waals surface area contributed by atoms with Crippen LogP contribution in [-0.2, 0) is 11.2 Å². The average molecular weight is 308 g/mol. The molecule has 70 valence electrons. The highest BCUT2D eigenvalue weighted by molar-refractivity contribution is 14.2. The molecule has 3 nitrogen and oxygen atoms in total. The van der Waals surface area contributed by atoms with Gasteiger partial charge in [0.15, 0.2) is 0 Å². The molecular formula is C8H9IN2OS. The van der Waals surface area contributed by atoms with Crippen molar-refractivity contribution in [1.29, 1.82) is 0 Å². The van der Waals surface area contributed by atoms with Crippen LogP contribution in [0.5, 0.6) is 0 Å². The maximum Gasteiger partial charge on any atom is 0.216 e. The van der Waals surface area contributed by atoms with Crippen molar-refractivity contribution in [2.24, 2.45) is 5.73 Å². The first-order chi connectivity index (χ1) is 6.24. The Balaban J connectivity index is 2.55. The first kappa shape index (κ1) is 10.9. The van der Waals surface area contributed by atoms with Crippen molar-refractivity contribution in [3.63, 3.8) is 0 Å². The van der Waals surface area contributed by atoms with Crippen LogP contribution in [0, 0.1) is 0 Å². The topological polar surface area (TPSA) is 56.0 Å². The number of rotatable bonds is 3. The summed E-state index contributed by atoms with van der Waals surface area (Å²) >= 11 is 1.94. The van der Waals surface area contributed by atoms with Crippen LogP contribution < -0.4 is 5.73 Å². The summed E-state index contributed by atoms with van der Waals surface area (Å²) in [6, 6.07) is 3.33. The van der Waals surface area contributed by atoms with E-state index in [1.165, 1.54) is 0 Å². The second-order valence-corrected chi connectivity index (χ2v) is 4.45. The van der Waals surface area contributed by atoms with Crippen molar-refractivity contribution in [3.8, 4) is 0 Å². The molecule has 0 aliphatic carbocycles. The molecule has 1 atom stereocenters. The molecule has 1 heterocycles. The van der Waals surface area contributed by atoms with Gasteiger partial charge >= 0.3 is 0 Å². The summed E-state index contributed by atoms with van der Waals surface area (Å²) in [5.41, 5.74) is 6.65. The molecular weight excluding hydrogens is 299 g/mol. The average Bonchev–Trinajstić information content (AvgIpc) is 2.18. The smallest absolute Gasteiger partial charge is 0.216 e. The predicted molar refractivity (Wildman–Crippen MR) is 62.5 cm³/mol. The minimum absolute atomic E-state index is 0.00412. The molecule has 0 saturated heterocycles. The molecule has 0 fully saturated rings. The Hall–Kier alpha value is -0.140. The van der Waals surface area contributed by atoms with E-state index >= 15 is 0 Å². The molecule has 1 rings (SSSR count). The Morgan fingerprint density at radius 2 is 2.54 bits per heavy atom. The van der Waals surface area contributed by atoms with Crippen molar-refractivity contribution in [3.05, 3.63) is 30.1 Å². The lowest BCUT2D eigenvalue weighted by Crippen LogP contribution is -2.29. The number of carbonyl (C=O) groups excluding carboxylic acids is 1. The maximum atomic E-state index is 11.1. The molecule has 1 aromatic rings. The third-order valence-corrected chi connectivity index (χ3v) is 3.31. The van der Waals surface area contributed by atoms with E-state index in [0.717, 1.165) is 14.5 Å². The number of carbonyl (C=O) groups is 1. The van der Waals surface area contributed by atoms with Gasteiger partial charge in [-0.15, -0.1) is 0 Å². The minimum atomic E-state index is -0.425. The number of pyridine rings is 1. The molecule has 0 bridgehead atoms. The van der Waals surface area contributed by atoms with Gasteiger partial charge in [0.25, 0.3) is 0 Å². The quantitative estimate of drug-likeness (QED) is 0.861. The molecule has 0 saturated carbocycles. The zero-order valence-electron chi connectivity index (χ0n) is 6.81. The first-order valence-corrected chi connectivity index (χ1v) is 7.07. The van der Waals surface area contributed by atoms with Crippen molar-refractivity contribution < 1.29 is 4.79 Å².